The minimum atomic E-state index is -4.67. The van der Waals surface area contributed by atoms with Gasteiger partial charge in [0.1, 0.15) is 0 Å². The number of hydrogen-bond acceptors (Lipinski definition) is 6. The average molecular weight is 366 g/mol. The summed E-state index contributed by atoms with van der Waals surface area (Å²) in [5.74, 6) is 0.757. The van der Waals surface area contributed by atoms with Gasteiger partial charge in [-0.25, -0.2) is 0 Å². The molecule has 0 aromatic heterocycles. The van der Waals surface area contributed by atoms with Gasteiger partial charge in [-0.1, -0.05) is 20.8 Å². The van der Waals surface area contributed by atoms with Crippen LogP contribution in [-0.4, -0.2) is 47.1 Å². The number of nitrogens with two attached hydrogens (primary N) is 2. The van der Waals surface area contributed by atoms with Crippen LogP contribution in [0.4, 0.5) is 0 Å². The smallest absolute Gasteiger partial charge is 0.326 e. The third kappa shape index (κ3) is 19.7. The second kappa shape index (κ2) is 9.08. The summed E-state index contributed by atoms with van der Waals surface area (Å²) in [6, 6.07) is 0.464. The molecule has 0 bridgehead atoms. The molecule has 0 saturated heterocycles. The fourth-order valence-electron chi connectivity index (χ4n) is 2.02. The molecular weight excluding hydrogens is 340 g/mol. The highest BCUT2D eigenvalue weighted by Crippen LogP contribution is 2.36. The average Bonchev–Trinajstić information content (AvgIpc) is 2.15. The Hall–Kier alpha value is -0.340. The topological polar surface area (TPSA) is 201 Å². The fourth-order valence-corrected chi connectivity index (χ4v) is 2.02. The molecule has 3 atom stereocenters. The lowest BCUT2D eigenvalue weighted by molar-refractivity contribution is 0.155. The molecule has 0 aromatic carbocycles. The van der Waals surface area contributed by atoms with Crippen molar-refractivity contribution in [1.29, 1.82) is 0 Å². The summed E-state index contributed by atoms with van der Waals surface area (Å²) in [7, 11) is -9.33. The van der Waals surface area contributed by atoms with Crippen LogP contribution in [0, 0.1) is 11.3 Å². The van der Waals surface area contributed by atoms with Crippen molar-refractivity contribution in [2.24, 2.45) is 22.8 Å². The molecular formula is C10H26N2O8S2. The Kier molecular flexibility index (Phi) is 9.87. The van der Waals surface area contributed by atoms with Crippen LogP contribution in [0.15, 0.2) is 0 Å². The molecule has 1 unspecified atom stereocenters. The van der Waals surface area contributed by atoms with Crippen molar-refractivity contribution in [3.05, 3.63) is 0 Å². The van der Waals surface area contributed by atoms with Gasteiger partial charge in [0.25, 0.3) is 0 Å². The minimum Gasteiger partial charge on any atom is -0.326 e. The first-order chi connectivity index (χ1) is 9.41. The molecule has 0 radical (unpaired) electrons. The lowest BCUT2D eigenvalue weighted by Crippen LogP contribution is -2.47. The first-order valence-corrected chi connectivity index (χ1v) is 9.11. The zero-order valence-corrected chi connectivity index (χ0v) is 14.4. The largest absolute Gasteiger partial charge is 0.394 e. The SMILES string of the molecule is CC(C)(C)C1CC[C@@H](N)[C@H](N)C1.O=S(=O)(O)O.O=S(=O)(O)O. The van der Waals surface area contributed by atoms with Gasteiger partial charge >= 0.3 is 20.8 Å². The molecule has 0 amide bonds. The molecule has 0 heterocycles. The number of rotatable bonds is 0. The van der Waals surface area contributed by atoms with Crippen LogP contribution in [0.25, 0.3) is 0 Å². The van der Waals surface area contributed by atoms with Gasteiger partial charge in [0.2, 0.25) is 0 Å². The predicted octanol–water partition coefficient (Wildman–Crippen LogP) is 0.182. The van der Waals surface area contributed by atoms with Crippen LogP contribution >= 0.6 is 0 Å². The lowest BCUT2D eigenvalue weighted by Gasteiger charge is -2.39. The van der Waals surface area contributed by atoms with Crippen LogP contribution in [0.3, 0.4) is 0 Å². The van der Waals surface area contributed by atoms with Crippen molar-refractivity contribution >= 4 is 20.8 Å². The summed E-state index contributed by atoms with van der Waals surface area (Å²) in [4.78, 5) is 0. The van der Waals surface area contributed by atoms with Crippen molar-refractivity contribution < 1.29 is 35.0 Å². The summed E-state index contributed by atoms with van der Waals surface area (Å²) in [6.07, 6.45) is 3.45. The van der Waals surface area contributed by atoms with Crippen LogP contribution < -0.4 is 11.5 Å². The van der Waals surface area contributed by atoms with Crippen LogP contribution in [0.2, 0.25) is 0 Å². The van der Waals surface area contributed by atoms with Gasteiger partial charge in [-0.3, -0.25) is 18.2 Å². The highest BCUT2D eigenvalue weighted by atomic mass is 32.3. The molecule has 1 aliphatic carbocycles. The normalized spacial score (nSPS) is 26.1. The standard InChI is InChI=1S/C10H22N2.2H2O4S/c1-10(2,3)7-4-5-8(11)9(12)6-7;2*1-5(2,3)4/h7-9H,4-6,11-12H2,1-3H3;2*(H2,1,2,3,4)/t7?,8-,9-;;/m1../s1. The van der Waals surface area contributed by atoms with Crippen molar-refractivity contribution in [1.82, 2.24) is 0 Å². The summed E-state index contributed by atoms with van der Waals surface area (Å²) in [6.45, 7) is 6.88. The maximum absolute atomic E-state index is 8.74. The first kappa shape index (κ1) is 23.9. The maximum atomic E-state index is 8.74. The van der Waals surface area contributed by atoms with Crippen LogP contribution in [-0.2, 0) is 20.8 Å². The summed E-state index contributed by atoms with van der Waals surface area (Å²) in [5, 5.41) is 0. The van der Waals surface area contributed by atoms with E-state index in [1.807, 2.05) is 0 Å². The molecule has 22 heavy (non-hydrogen) atoms. The van der Waals surface area contributed by atoms with E-state index in [2.05, 4.69) is 20.8 Å². The molecule has 8 N–H and O–H groups in total. The van der Waals surface area contributed by atoms with E-state index in [1.54, 1.807) is 0 Å². The van der Waals surface area contributed by atoms with Gasteiger partial charge in [-0.2, -0.15) is 16.8 Å². The molecule has 1 rings (SSSR count). The molecule has 10 nitrogen and oxygen atoms in total. The van der Waals surface area contributed by atoms with Gasteiger partial charge in [-0.05, 0) is 30.6 Å². The number of hydrogen-bond donors (Lipinski definition) is 6. The quantitative estimate of drug-likeness (QED) is 0.321. The van der Waals surface area contributed by atoms with Gasteiger partial charge in [0, 0.05) is 12.1 Å². The second-order valence-corrected chi connectivity index (χ2v) is 7.89. The molecule has 1 saturated carbocycles. The van der Waals surface area contributed by atoms with E-state index >= 15 is 0 Å². The van der Waals surface area contributed by atoms with Gasteiger partial charge in [0.15, 0.2) is 0 Å². The summed E-state index contributed by atoms with van der Waals surface area (Å²) >= 11 is 0. The van der Waals surface area contributed by atoms with E-state index in [4.69, 9.17) is 46.5 Å². The molecule has 12 heteroatoms. The Morgan fingerprint density at radius 2 is 1.14 bits per heavy atom. The molecule has 136 valence electrons. The van der Waals surface area contributed by atoms with Crippen molar-refractivity contribution in [3.8, 4) is 0 Å². The van der Waals surface area contributed by atoms with Crippen LogP contribution in [0.5, 0.6) is 0 Å². The van der Waals surface area contributed by atoms with Gasteiger partial charge < -0.3 is 11.5 Å². The van der Waals surface area contributed by atoms with E-state index in [-0.39, 0.29) is 12.1 Å². The molecule has 0 aromatic rings. The second-order valence-electron chi connectivity index (χ2n) is 6.10. The Bertz CT molecular complexity index is 466. The van der Waals surface area contributed by atoms with Crippen molar-refractivity contribution in [2.75, 3.05) is 0 Å². The Morgan fingerprint density at radius 1 is 0.818 bits per heavy atom. The fraction of sp³-hybridized carbons (Fsp3) is 1.00. The first-order valence-electron chi connectivity index (χ1n) is 6.32. The summed E-state index contributed by atoms with van der Waals surface area (Å²) < 4.78 is 63.2. The maximum Gasteiger partial charge on any atom is 0.394 e. The Labute approximate surface area is 131 Å². The third-order valence-corrected chi connectivity index (χ3v) is 3.18. The highest BCUT2D eigenvalue weighted by Gasteiger charge is 2.32. The van der Waals surface area contributed by atoms with Gasteiger partial charge in [-0.15, -0.1) is 0 Å². The Morgan fingerprint density at radius 3 is 1.36 bits per heavy atom. The predicted molar refractivity (Wildman–Crippen MR) is 81.1 cm³/mol. The molecule has 0 spiro atoms. The monoisotopic (exact) mass is 366 g/mol. The molecule has 1 aliphatic rings. The molecule has 1 fully saturated rings. The van der Waals surface area contributed by atoms with Crippen molar-refractivity contribution in [2.45, 2.75) is 52.1 Å². The van der Waals surface area contributed by atoms with Crippen molar-refractivity contribution in [3.63, 3.8) is 0 Å². The summed E-state index contributed by atoms with van der Waals surface area (Å²) in [5.41, 5.74) is 12.2. The zero-order valence-electron chi connectivity index (χ0n) is 12.7. The van der Waals surface area contributed by atoms with E-state index in [1.165, 1.54) is 6.42 Å². The van der Waals surface area contributed by atoms with E-state index in [0.29, 0.717) is 5.41 Å². The van der Waals surface area contributed by atoms with Gasteiger partial charge in [0.05, 0.1) is 0 Å². The lowest BCUT2D eigenvalue weighted by atomic mass is 9.70. The third-order valence-electron chi connectivity index (χ3n) is 3.18. The van der Waals surface area contributed by atoms with E-state index in [0.717, 1.165) is 18.8 Å². The zero-order chi connectivity index (χ0) is 18.4. The Balaban J connectivity index is 0. The highest BCUT2D eigenvalue weighted by molar-refractivity contribution is 7.80. The molecule has 0 aliphatic heterocycles. The van der Waals surface area contributed by atoms with Crippen LogP contribution in [0.1, 0.15) is 40.0 Å². The van der Waals surface area contributed by atoms with E-state index < -0.39 is 20.8 Å². The minimum absolute atomic E-state index is 0.225. The van der Waals surface area contributed by atoms with E-state index in [9.17, 15) is 0 Å².